The molecule has 1 aromatic rings. The van der Waals surface area contributed by atoms with Gasteiger partial charge < -0.3 is 20.9 Å². The first-order chi connectivity index (χ1) is 8.26. The van der Waals surface area contributed by atoms with Gasteiger partial charge in [0.1, 0.15) is 0 Å². The molecule has 0 saturated heterocycles. The molecule has 0 aromatic heterocycles. The van der Waals surface area contributed by atoms with Crippen LogP contribution < -0.4 is 11.1 Å². The molecule has 5 heteroatoms. The Morgan fingerprint density at radius 1 is 1.50 bits per heavy atom. The Bertz CT molecular complexity index is 456. The summed E-state index contributed by atoms with van der Waals surface area (Å²) in [4.78, 5) is 11.1. The van der Waals surface area contributed by atoms with Gasteiger partial charge in [-0.25, -0.2) is 4.79 Å². The number of methoxy groups -OCH3 is 1. The van der Waals surface area contributed by atoms with E-state index in [2.05, 4.69) is 5.32 Å². The molecule has 100 valence electrons. The lowest BCUT2D eigenvalue weighted by molar-refractivity contribution is 0.0344. The lowest BCUT2D eigenvalue weighted by Gasteiger charge is -2.24. The predicted octanol–water partition coefficient (Wildman–Crippen LogP) is 2.11. The molecular formula is C13H20N2O3. The third kappa shape index (κ3) is 3.37. The standard InChI is InChI=1S/C13H20N2O3/c1-8-5-9(15-7-13(2,3)18-4)6-10(11(8)14)12(16)17/h5-6,15H,7,14H2,1-4H3,(H,16,17). The quantitative estimate of drug-likeness (QED) is 0.699. The number of aromatic carboxylic acids is 1. The number of aryl methyl sites for hydroxylation is 1. The van der Waals surface area contributed by atoms with Gasteiger partial charge in [-0.05, 0) is 38.5 Å². The van der Waals surface area contributed by atoms with Crippen molar-refractivity contribution in [3.05, 3.63) is 23.3 Å². The molecule has 0 aliphatic carbocycles. The minimum atomic E-state index is -1.02. The third-order valence-corrected chi connectivity index (χ3v) is 2.89. The van der Waals surface area contributed by atoms with Gasteiger partial charge in [0, 0.05) is 25.0 Å². The molecule has 0 saturated carbocycles. The Morgan fingerprint density at radius 2 is 2.11 bits per heavy atom. The molecule has 0 aliphatic rings. The highest BCUT2D eigenvalue weighted by Crippen LogP contribution is 2.23. The largest absolute Gasteiger partial charge is 0.478 e. The summed E-state index contributed by atoms with van der Waals surface area (Å²) in [7, 11) is 1.64. The van der Waals surface area contributed by atoms with Gasteiger partial charge in [0.2, 0.25) is 0 Å². The van der Waals surface area contributed by atoms with Crippen molar-refractivity contribution in [2.45, 2.75) is 26.4 Å². The van der Waals surface area contributed by atoms with Gasteiger partial charge in [-0.15, -0.1) is 0 Å². The van der Waals surface area contributed by atoms with Crippen molar-refractivity contribution in [3.63, 3.8) is 0 Å². The summed E-state index contributed by atoms with van der Waals surface area (Å²) in [6.45, 7) is 6.25. The van der Waals surface area contributed by atoms with Crippen LogP contribution in [0.25, 0.3) is 0 Å². The van der Waals surface area contributed by atoms with Crippen LogP contribution in [-0.2, 0) is 4.74 Å². The van der Waals surface area contributed by atoms with E-state index in [9.17, 15) is 4.79 Å². The lowest BCUT2D eigenvalue weighted by atomic mass is 10.1. The average Bonchev–Trinajstić information content (AvgIpc) is 2.30. The number of anilines is 2. The van der Waals surface area contributed by atoms with Gasteiger partial charge >= 0.3 is 5.97 Å². The van der Waals surface area contributed by atoms with Crippen LogP contribution in [0.2, 0.25) is 0 Å². The molecule has 0 aliphatic heterocycles. The summed E-state index contributed by atoms with van der Waals surface area (Å²) < 4.78 is 5.29. The topological polar surface area (TPSA) is 84.6 Å². The first-order valence-electron chi connectivity index (χ1n) is 5.69. The highest BCUT2D eigenvalue weighted by molar-refractivity contribution is 5.95. The fourth-order valence-corrected chi connectivity index (χ4v) is 1.46. The molecule has 0 heterocycles. The van der Waals surface area contributed by atoms with E-state index in [0.29, 0.717) is 12.2 Å². The fourth-order valence-electron chi connectivity index (χ4n) is 1.46. The Balaban J connectivity index is 2.95. The van der Waals surface area contributed by atoms with Crippen molar-refractivity contribution in [1.82, 2.24) is 0 Å². The van der Waals surface area contributed by atoms with Crippen LogP contribution in [0.4, 0.5) is 11.4 Å². The number of carbonyl (C=O) groups is 1. The van der Waals surface area contributed by atoms with E-state index < -0.39 is 5.97 Å². The number of benzene rings is 1. The average molecular weight is 252 g/mol. The summed E-state index contributed by atoms with van der Waals surface area (Å²) in [5.41, 5.74) is 7.30. The zero-order valence-electron chi connectivity index (χ0n) is 11.2. The molecule has 1 aromatic carbocycles. The number of nitrogens with one attached hydrogen (secondary N) is 1. The number of nitrogen functional groups attached to an aromatic ring is 1. The molecular weight excluding hydrogens is 232 g/mol. The molecule has 0 bridgehead atoms. The maximum atomic E-state index is 11.1. The molecule has 0 amide bonds. The number of rotatable bonds is 5. The second kappa shape index (κ2) is 5.27. The summed E-state index contributed by atoms with van der Waals surface area (Å²) in [6.07, 6.45) is 0. The van der Waals surface area contributed by atoms with Crippen molar-refractivity contribution < 1.29 is 14.6 Å². The molecule has 18 heavy (non-hydrogen) atoms. The zero-order chi connectivity index (χ0) is 13.9. The fraction of sp³-hybridized carbons (Fsp3) is 0.462. The van der Waals surface area contributed by atoms with E-state index in [-0.39, 0.29) is 11.2 Å². The number of hydrogen-bond acceptors (Lipinski definition) is 4. The second-order valence-electron chi connectivity index (χ2n) is 4.88. The second-order valence-corrected chi connectivity index (χ2v) is 4.88. The first kappa shape index (κ1) is 14.3. The van der Waals surface area contributed by atoms with Crippen molar-refractivity contribution >= 4 is 17.3 Å². The normalized spacial score (nSPS) is 11.3. The van der Waals surface area contributed by atoms with E-state index in [1.165, 1.54) is 6.07 Å². The summed E-state index contributed by atoms with van der Waals surface area (Å²) >= 11 is 0. The van der Waals surface area contributed by atoms with Crippen molar-refractivity contribution in [2.24, 2.45) is 0 Å². The molecule has 0 atom stereocenters. The number of carboxylic acids is 1. The Labute approximate surface area is 107 Å². The Morgan fingerprint density at radius 3 is 2.61 bits per heavy atom. The highest BCUT2D eigenvalue weighted by atomic mass is 16.5. The Hall–Kier alpha value is -1.75. The molecule has 0 spiro atoms. The Kier molecular flexibility index (Phi) is 4.19. The SMILES string of the molecule is COC(C)(C)CNc1cc(C)c(N)c(C(=O)O)c1. The predicted molar refractivity (Wildman–Crippen MR) is 72.1 cm³/mol. The van der Waals surface area contributed by atoms with Crippen molar-refractivity contribution in [2.75, 3.05) is 24.7 Å². The van der Waals surface area contributed by atoms with Gasteiger partial charge in [-0.2, -0.15) is 0 Å². The van der Waals surface area contributed by atoms with Crippen LogP contribution in [0, 0.1) is 6.92 Å². The molecule has 0 radical (unpaired) electrons. The molecule has 4 N–H and O–H groups in total. The van der Waals surface area contributed by atoms with E-state index in [4.69, 9.17) is 15.6 Å². The maximum absolute atomic E-state index is 11.1. The first-order valence-corrected chi connectivity index (χ1v) is 5.69. The highest BCUT2D eigenvalue weighted by Gasteiger charge is 2.17. The summed E-state index contributed by atoms with van der Waals surface area (Å²) in [5.74, 6) is -1.02. The molecule has 1 rings (SSSR count). The van der Waals surface area contributed by atoms with E-state index in [1.807, 2.05) is 19.9 Å². The number of nitrogens with two attached hydrogens (primary N) is 1. The minimum Gasteiger partial charge on any atom is -0.478 e. The van der Waals surface area contributed by atoms with E-state index in [1.54, 1.807) is 14.0 Å². The summed E-state index contributed by atoms with van der Waals surface area (Å²) in [6, 6.07) is 3.36. The van der Waals surface area contributed by atoms with Crippen LogP contribution in [0.5, 0.6) is 0 Å². The van der Waals surface area contributed by atoms with Crippen LogP contribution in [0.15, 0.2) is 12.1 Å². The number of hydrogen-bond donors (Lipinski definition) is 3. The third-order valence-electron chi connectivity index (χ3n) is 2.89. The zero-order valence-corrected chi connectivity index (χ0v) is 11.2. The van der Waals surface area contributed by atoms with Gasteiger partial charge in [-0.3, -0.25) is 0 Å². The minimum absolute atomic E-state index is 0.118. The van der Waals surface area contributed by atoms with E-state index >= 15 is 0 Å². The molecule has 5 nitrogen and oxygen atoms in total. The van der Waals surface area contributed by atoms with Crippen LogP contribution >= 0.6 is 0 Å². The monoisotopic (exact) mass is 252 g/mol. The molecule has 0 fully saturated rings. The van der Waals surface area contributed by atoms with Gasteiger partial charge in [0.05, 0.1) is 11.2 Å². The van der Waals surface area contributed by atoms with E-state index in [0.717, 1.165) is 11.3 Å². The van der Waals surface area contributed by atoms with Crippen molar-refractivity contribution in [1.29, 1.82) is 0 Å². The van der Waals surface area contributed by atoms with Crippen LogP contribution in [0.1, 0.15) is 29.8 Å². The van der Waals surface area contributed by atoms with Gasteiger partial charge in [0.25, 0.3) is 0 Å². The number of ether oxygens (including phenoxy) is 1. The van der Waals surface area contributed by atoms with Gasteiger partial charge in [0.15, 0.2) is 0 Å². The lowest BCUT2D eigenvalue weighted by Crippen LogP contribution is -2.32. The van der Waals surface area contributed by atoms with Crippen molar-refractivity contribution in [3.8, 4) is 0 Å². The van der Waals surface area contributed by atoms with Gasteiger partial charge in [-0.1, -0.05) is 0 Å². The number of carboxylic acid groups (broad SMARTS) is 1. The smallest absolute Gasteiger partial charge is 0.337 e. The van der Waals surface area contributed by atoms with Crippen LogP contribution in [-0.4, -0.2) is 30.3 Å². The summed E-state index contributed by atoms with van der Waals surface area (Å²) in [5, 5.41) is 12.2. The molecule has 0 unspecified atom stereocenters. The van der Waals surface area contributed by atoms with Crippen LogP contribution in [0.3, 0.4) is 0 Å². The maximum Gasteiger partial charge on any atom is 0.337 e.